The van der Waals surface area contributed by atoms with Crippen LogP contribution < -0.4 is 16.0 Å². The molecular formula is C21H29N5O3. The summed E-state index contributed by atoms with van der Waals surface area (Å²) >= 11 is 0. The molecule has 0 saturated heterocycles. The van der Waals surface area contributed by atoms with Crippen LogP contribution in [0.25, 0.3) is 0 Å². The molecule has 4 N–H and O–H groups in total. The predicted molar refractivity (Wildman–Crippen MR) is 110 cm³/mol. The van der Waals surface area contributed by atoms with Crippen LogP contribution in [0.3, 0.4) is 0 Å². The van der Waals surface area contributed by atoms with Gasteiger partial charge in [0.05, 0.1) is 11.4 Å². The van der Waals surface area contributed by atoms with Crippen molar-refractivity contribution in [3.63, 3.8) is 0 Å². The van der Waals surface area contributed by atoms with Crippen LogP contribution >= 0.6 is 0 Å². The largest absolute Gasteiger partial charge is 0.480 e. The van der Waals surface area contributed by atoms with E-state index in [1.165, 1.54) is 0 Å². The van der Waals surface area contributed by atoms with Crippen LogP contribution in [0.4, 0.5) is 0 Å². The molecule has 2 rings (SSSR count). The summed E-state index contributed by atoms with van der Waals surface area (Å²) in [5.74, 6) is -1.24. The SMILES string of the molecule is O=C(CCCNCc1ccccn1)NC(CCCNCc1ccccn1)C(=O)O. The van der Waals surface area contributed by atoms with Crippen molar-refractivity contribution in [1.29, 1.82) is 0 Å². The quantitative estimate of drug-likeness (QED) is 0.356. The first-order valence-corrected chi connectivity index (χ1v) is 9.88. The number of carboxylic acids is 1. The zero-order valence-corrected chi connectivity index (χ0v) is 16.5. The fourth-order valence-electron chi connectivity index (χ4n) is 2.77. The molecule has 0 bridgehead atoms. The van der Waals surface area contributed by atoms with Gasteiger partial charge in [-0.25, -0.2) is 4.79 Å². The summed E-state index contributed by atoms with van der Waals surface area (Å²) in [6.07, 6.45) is 5.43. The fourth-order valence-corrected chi connectivity index (χ4v) is 2.77. The van der Waals surface area contributed by atoms with Crippen LogP contribution in [-0.2, 0) is 22.7 Å². The van der Waals surface area contributed by atoms with E-state index in [4.69, 9.17) is 0 Å². The van der Waals surface area contributed by atoms with Gasteiger partial charge in [0, 0.05) is 31.9 Å². The first-order chi connectivity index (χ1) is 14.1. The Kier molecular flexibility index (Phi) is 10.3. The van der Waals surface area contributed by atoms with Crippen LogP contribution in [0.1, 0.15) is 37.1 Å². The Bertz CT molecular complexity index is 728. The van der Waals surface area contributed by atoms with Crippen LogP contribution in [0, 0.1) is 0 Å². The molecule has 29 heavy (non-hydrogen) atoms. The molecule has 0 aliphatic heterocycles. The third kappa shape index (κ3) is 9.77. The lowest BCUT2D eigenvalue weighted by Gasteiger charge is -2.15. The second-order valence-corrected chi connectivity index (χ2v) is 6.70. The molecule has 1 unspecified atom stereocenters. The Balaban J connectivity index is 1.55. The van der Waals surface area contributed by atoms with Crippen molar-refractivity contribution < 1.29 is 14.7 Å². The van der Waals surface area contributed by atoms with Gasteiger partial charge in [-0.3, -0.25) is 14.8 Å². The second kappa shape index (κ2) is 13.4. The Morgan fingerprint density at radius 2 is 1.48 bits per heavy atom. The zero-order valence-electron chi connectivity index (χ0n) is 16.5. The van der Waals surface area contributed by atoms with Crippen molar-refractivity contribution in [3.8, 4) is 0 Å². The van der Waals surface area contributed by atoms with Crippen LogP contribution in [-0.4, -0.2) is 46.1 Å². The van der Waals surface area contributed by atoms with Gasteiger partial charge in [-0.2, -0.15) is 0 Å². The number of rotatable bonds is 14. The van der Waals surface area contributed by atoms with E-state index in [1.807, 2.05) is 36.4 Å². The summed E-state index contributed by atoms with van der Waals surface area (Å²) in [4.78, 5) is 31.8. The summed E-state index contributed by atoms with van der Waals surface area (Å²) < 4.78 is 0. The standard InChI is InChI=1S/C21H29N5O3/c27-20(10-6-12-23-16-18-8-2-4-14-25-18)26-19(21(28)29)9-5-11-22-15-17-7-1-3-13-24-17/h1-4,7-8,13-14,19,22-23H,5-6,9-12,15-16H2,(H,26,27)(H,28,29). The van der Waals surface area contributed by atoms with Gasteiger partial charge < -0.3 is 21.1 Å². The number of carbonyl (C=O) groups excluding carboxylic acids is 1. The van der Waals surface area contributed by atoms with Crippen LogP contribution in [0.5, 0.6) is 0 Å². The molecule has 0 radical (unpaired) electrons. The van der Waals surface area contributed by atoms with Gasteiger partial charge in [0.15, 0.2) is 0 Å². The highest BCUT2D eigenvalue weighted by Crippen LogP contribution is 2.00. The number of aromatic nitrogens is 2. The van der Waals surface area contributed by atoms with E-state index < -0.39 is 12.0 Å². The predicted octanol–water partition coefficient (Wildman–Crippen LogP) is 1.49. The molecular weight excluding hydrogens is 370 g/mol. The fraction of sp³-hybridized carbons (Fsp3) is 0.429. The average molecular weight is 399 g/mol. The second-order valence-electron chi connectivity index (χ2n) is 6.70. The summed E-state index contributed by atoms with van der Waals surface area (Å²) in [5.41, 5.74) is 1.88. The molecule has 0 saturated carbocycles. The van der Waals surface area contributed by atoms with Crippen LogP contribution in [0.15, 0.2) is 48.8 Å². The van der Waals surface area contributed by atoms with E-state index in [0.29, 0.717) is 45.4 Å². The Morgan fingerprint density at radius 1 is 0.897 bits per heavy atom. The molecule has 8 nitrogen and oxygen atoms in total. The molecule has 156 valence electrons. The van der Waals surface area contributed by atoms with Gasteiger partial charge >= 0.3 is 5.97 Å². The molecule has 2 aromatic rings. The number of aliphatic carboxylic acids is 1. The number of carbonyl (C=O) groups is 2. The Labute approximate surface area is 171 Å². The number of amides is 1. The number of pyridine rings is 2. The maximum atomic E-state index is 12.0. The summed E-state index contributed by atoms with van der Waals surface area (Å²) in [6.45, 7) is 2.61. The molecule has 1 atom stereocenters. The minimum atomic E-state index is -1.00. The minimum absolute atomic E-state index is 0.238. The summed E-state index contributed by atoms with van der Waals surface area (Å²) in [6, 6.07) is 10.6. The number of nitrogens with one attached hydrogen (secondary N) is 3. The lowest BCUT2D eigenvalue weighted by molar-refractivity contribution is -0.142. The minimum Gasteiger partial charge on any atom is -0.480 e. The molecule has 0 aliphatic carbocycles. The van der Waals surface area contributed by atoms with E-state index in [-0.39, 0.29) is 12.3 Å². The number of hydrogen-bond donors (Lipinski definition) is 4. The first kappa shape index (κ1) is 22.4. The highest BCUT2D eigenvalue weighted by atomic mass is 16.4. The zero-order chi connectivity index (χ0) is 20.7. The third-order valence-corrected chi connectivity index (χ3v) is 4.30. The van der Waals surface area contributed by atoms with E-state index >= 15 is 0 Å². The topological polar surface area (TPSA) is 116 Å². The van der Waals surface area contributed by atoms with E-state index in [9.17, 15) is 14.7 Å². The lowest BCUT2D eigenvalue weighted by Crippen LogP contribution is -2.41. The number of nitrogens with zero attached hydrogens (tertiary/aromatic N) is 2. The summed E-state index contributed by atoms with van der Waals surface area (Å²) in [7, 11) is 0. The number of carboxylic acid groups (broad SMARTS) is 1. The Morgan fingerprint density at radius 3 is 2.00 bits per heavy atom. The molecule has 2 heterocycles. The van der Waals surface area contributed by atoms with Gasteiger partial charge in [-0.05, 0) is 56.6 Å². The van der Waals surface area contributed by atoms with Gasteiger partial charge in [0.1, 0.15) is 6.04 Å². The van der Waals surface area contributed by atoms with Gasteiger partial charge in [0.25, 0.3) is 0 Å². The molecule has 0 aromatic carbocycles. The summed E-state index contributed by atoms with van der Waals surface area (Å²) in [5, 5.41) is 18.4. The normalized spacial score (nSPS) is 11.7. The van der Waals surface area contributed by atoms with E-state index in [0.717, 1.165) is 11.4 Å². The molecule has 0 fully saturated rings. The number of hydrogen-bond acceptors (Lipinski definition) is 6. The first-order valence-electron chi connectivity index (χ1n) is 9.88. The van der Waals surface area contributed by atoms with E-state index in [2.05, 4.69) is 25.9 Å². The van der Waals surface area contributed by atoms with E-state index in [1.54, 1.807) is 12.4 Å². The Hall–Kier alpha value is -2.84. The lowest BCUT2D eigenvalue weighted by atomic mass is 10.1. The maximum absolute atomic E-state index is 12.0. The molecule has 0 spiro atoms. The van der Waals surface area contributed by atoms with Gasteiger partial charge in [-0.15, -0.1) is 0 Å². The maximum Gasteiger partial charge on any atom is 0.326 e. The van der Waals surface area contributed by atoms with Crippen molar-refractivity contribution in [2.75, 3.05) is 13.1 Å². The molecule has 1 amide bonds. The third-order valence-electron chi connectivity index (χ3n) is 4.30. The highest BCUT2D eigenvalue weighted by molar-refractivity contribution is 5.83. The van der Waals surface area contributed by atoms with Crippen molar-refractivity contribution in [2.24, 2.45) is 0 Å². The van der Waals surface area contributed by atoms with Crippen molar-refractivity contribution >= 4 is 11.9 Å². The molecule has 0 aliphatic rings. The highest BCUT2D eigenvalue weighted by Gasteiger charge is 2.19. The van der Waals surface area contributed by atoms with Gasteiger partial charge in [-0.1, -0.05) is 12.1 Å². The van der Waals surface area contributed by atoms with Crippen molar-refractivity contribution in [2.45, 2.75) is 44.8 Å². The van der Waals surface area contributed by atoms with Crippen LogP contribution in [0.2, 0.25) is 0 Å². The monoisotopic (exact) mass is 399 g/mol. The average Bonchev–Trinajstić information content (AvgIpc) is 2.74. The van der Waals surface area contributed by atoms with Crippen molar-refractivity contribution in [1.82, 2.24) is 25.9 Å². The molecule has 2 aromatic heterocycles. The van der Waals surface area contributed by atoms with Gasteiger partial charge in [0.2, 0.25) is 5.91 Å². The smallest absolute Gasteiger partial charge is 0.326 e. The molecule has 8 heteroatoms. The van der Waals surface area contributed by atoms with Crippen molar-refractivity contribution in [3.05, 3.63) is 60.2 Å².